The second-order valence-corrected chi connectivity index (χ2v) is 10.8. The highest BCUT2D eigenvalue weighted by Crippen LogP contribution is 2.46. The standard InChI is InChI=1S/C24H30N2O4S/c1-18(2)25-23(27)16-19-17-24(30-22-11-7-6-10-21(19)22)12-14-26(15-13-24)31(28,29)20-8-4-3-5-9-20/h3-11,18-19H,12-17H2,1-2H3,(H,25,27)/t19-/m1/s1. The van der Waals surface area contributed by atoms with Gasteiger partial charge < -0.3 is 10.1 Å². The summed E-state index contributed by atoms with van der Waals surface area (Å²) in [5, 5.41) is 2.99. The molecule has 2 heterocycles. The summed E-state index contributed by atoms with van der Waals surface area (Å²) in [7, 11) is -3.51. The summed E-state index contributed by atoms with van der Waals surface area (Å²) in [6.45, 7) is 4.73. The Labute approximate surface area is 184 Å². The molecule has 2 aliphatic rings. The third-order valence-corrected chi connectivity index (χ3v) is 8.11. The van der Waals surface area contributed by atoms with Gasteiger partial charge in [-0.2, -0.15) is 4.31 Å². The molecule has 0 bridgehead atoms. The van der Waals surface area contributed by atoms with E-state index in [1.807, 2.05) is 44.2 Å². The van der Waals surface area contributed by atoms with E-state index in [1.54, 1.807) is 28.6 Å². The molecule has 1 saturated heterocycles. The zero-order valence-corrected chi connectivity index (χ0v) is 18.9. The molecule has 1 amide bonds. The number of amides is 1. The van der Waals surface area contributed by atoms with Crippen LogP contribution in [0.3, 0.4) is 0 Å². The van der Waals surface area contributed by atoms with Crippen LogP contribution in [-0.4, -0.2) is 43.4 Å². The Hall–Kier alpha value is -2.38. The lowest BCUT2D eigenvalue weighted by molar-refractivity contribution is -0.122. The summed E-state index contributed by atoms with van der Waals surface area (Å²) in [5.41, 5.74) is 0.617. The van der Waals surface area contributed by atoms with Crippen LogP contribution >= 0.6 is 0 Å². The van der Waals surface area contributed by atoms with Crippen molar-refractivity contribution in [3.05, 3.63) is 60.2 Å². The van der Waals surface area contributed by atoms with E-state index in [0.717, 1.165) is 17.7 Å². The highest BCUT2D eigenvalue weighted by atomic mass is 32.2. The Morgan fingerprint density at radius 3 is 2.42 bits per heavy atom. The van der Waals surface area contributed by atoms with E-state index in [-0.39, 0.29) is 17.9 Å². The Bertz CT molecular complexity index is 1030. The molecular weight excluding hydrogens is 412 g/mol. The maximum Gasteiger partial charge on any atom is 0.243 e. The number of fused-ring (bicyclic) bond motifs is 1. The van der Waals surface area contributed by atoms with Gasteiger partial charge in [-0.15, -0.1) is 0 Å². The van der Waals surface area contributed by atoms with Crippen molar-refractivity contribution in [1.82, 2.24) is 9.62 Å². The van der Waals surface area contributed by atoms with Gasteiger partial charge in [-0.05, 0) is 44.0 Å². The van der Waals surface area contributed by atoms with Crippen LogP contribution < -0.4 is 10.1 Å². The van der Waals surface area contributed by atoms with E-state index >= 15 is 0 Å². The van der Waals surface area contributed by atoms with E-state index in [0.29, 0.717) is 37.2 Å². The minimum absolute atomic E-state index is 0.0379. The number of benzene rings is 2. The molecule has 2 aromatic rings. The Morgan fingerprint density at radius 2 is 1.74 bits per heavy atom. The van der Waals surface area contributed by atoms with Gasteiger partial charge in [0, 0.05) is 44.3 Å². The zero-order valence-electron chi connectivity index (χ0n) is 18.1. The van der Waals surface area contributed by atoms with E-state index in [9.17, 15) is 13.2 Å². The molecule has 1 fully saturated rings. The van der Waals surface area contributed by atoms with Gasteiger partial charge in [-0.25, -0.2) is 8.42 Å². The Balaban J connectivity index is 1.52. The number of hydrogen-bond acceptors (Lipinski definition) is 4. The molecule has 7 heteroatoms. The molecule has 166 valence electrons. The van der Waals surface area contributed by atoms with Crippen LogP contribution in [0.15, 0.2) is 59.5 Å². The first-order chi connectivity index (χ1) is 14.8. The molecule has 0 aromatic heterocycles. The van der Waals surface area contributed by atoms with Crippen molar-refractivity contribution in [1.29, 1.82) is 0 Å². The molecule has 1 spiro atoms. The zero-order chi connectivity index (χ0) is 22.1. The van der Waals surface area contributed by atoms with Gasteiger partial charge in [0.2, 0.25) is 15.9 Å². The molecule has 0 saturated carbocycles. The molecule has 0 radical (unpaired) electrons. The lowest BCUT2D eigenvalue weighted by atomic mass is 9.76. The maximum absolute atomic E-state index is 13.0. The maximum atomic E-state index is 13.0. The topological polar surface area (TPSA) is 75.7 Å². The molecule has 1 N–H and O–H groups in total. The van der Waals surface area contributed by atoms with E-state index in [2.05, 4.69) is 5.32 Å². The van der Waals surface area contributed by atoms with Crippen LogP contribution in [0.25, 0.3) is 0 Å². The number of nitrogens with one attached hydrogen (secondary N) is 1. The molecule has 31 heavy (non-hydrogen) atoms. The first kappa shape index (κ1) is 21.8. The molecule has 2 aromatic carbocycles. The fourth-order valence-corrected chi connectivity index (χ4v) is 6.18. The first-order valence-corrected chi connectivity index (χ1v) is 12.4. The molecule has 0 aliphatic carbocycles. The number of hydrogen-bond donors (Lipinski definition) is 1. The largest absolute Gasteiger partial charge is 0.487 e. The minimum atomic E-state index is -3.51. The molecule has 6 nitrogen and oxygen atoms in total. The van der Waals surface area contributed by atoms with Crippen LogP contribution in [0.1, 0.15) is 51.0 Å². The number of rotatable bonds is 5. The van der Waals surface area contributed by atoms with Gasteiger partial charge in [-0.1, -0.05) is 36.4 Å². The molecule has 0 unspecified atom stereocenters. The van der Waals surface area contributed by atoms with Crippen LogP contribution in [-0.2, 0) is 14.8 Å². The fraction of sp³-hybridized carbons (Fsp3) is 0.458. The predicted octanol–water partition coefficient (Wildman–Crippen LogP) is 3.69. The van der Waals surface area contributed by atoms with E-state index in [1.165, 1.54) is 0 Å². The summed E-state index contributed by atoms with van der Waals surface area (Å²) in [4.78, 5) is 12.8. The lowest BCUT2D eigenvalue weighted by Crippen LogP contribution is -2.52. The monoisotopic (exact) mass is 442 g/mol. The quantitative estimate of drug-likeness (QED) is 0.766. The van der Waals surface area contributed by atoms with Crippen molar-refractivity contribution in [3.63, 3.8) is 0 Å². The van der Waals surface area contributed by atoms with Crippen molar-refractivity contribution in [3.8, 4) is 5.75 Å². The summed E-state index contributed by atoms with van der Waals surface area (Å²) < 4.78 is 34.0. The van der Waals surface area contributed by atoms with Crippen molar-refractivity contribution in [2.45, 2.75) is 62.0 Å². The van der Waals surface area contributed by atoms with E-state index < -0.39 is 15.6 Å². The fourth-order valence-electron chi connectivity index (χ4n) is 4.71. The van der Waals surface area contributed by atoms with Gasteiger partial charge in [-0.3, -0.25) is 4.79 Å². The lowest BCUT2D eigenvalue weighted by Gasteiger charge is -2.46. The number of piperidine rings is 1. The Morgan fingerprint density at radius 1 is 1.10 bits per heavy atom. The van der Waals surface area contributed by atoms with Crippen LogP contribution in [0, 0.1) is 0 Å². The van der Waals surface area contributed by atoms with Gasteiger partial charge in [0.25, 0.3) is 0 Å². The number of ether oxygens (including phenoxy) is 1. The molecule has 1 atom stereocenters. The van der Waals surface area contributed by atoms with Crippen molar-refractivity contribution in [2.24, 2.45) is 0 Å². The number of carbonyl (C=O) groups excluding carboxylic acids is 1. The Kier molecular flexibility index (Phi) is 6.08. The van der Waals surface area contributed by atoms with Crippen LogP contribution in [0.5, 0.6) is 5.75 Å². The summed E-state index contributed by atoms with van der Waals surface area (Å²) >= 11 is 0. The second kappa shape index (κ2) is 8.63. The summed E-state index contributed by atoms with van der Waals surface area (Å²) in [6.07, 6.45) is 2.34. The minimum Gasteiger partial charge on any atom is -0.487 e. The van der Waals surface area contributed by atoms with Gasteiger partial charge in [0.05, 0.1) is 4.90 Å². The smallest absolute Gasteiger partial charge is 0.243 e. The van der Waals surface area contributed by atoms with Crippen LogP contribution in [0.2, 0.25) is 0 Å². The third-order valence-electron chi connectivity index (χ3n) is 6.20. The number of para-hydroxylation sites is 1. The number of nitrogens with zero attached hydrogens (tertiary/aromatic N) is 1. The van der Waals surface area contributed by atoms with E-state index in [4.69, 9.17) is 4.74 Å². The van der Waals surface area contributed by atoms with Crippen molar-refractivity contribution < 1.29 is 17.9 Å². The SMILES string of the molecule is CC(C)NC(=O)C[C@@H]1CC2(CCN(S(=O)(=O)c3ccccc3)CC2)Oc2ccccc21. The first-order valence-electron chi connectivity index (χ1n) is 10.9. The van der Waals surface area contributed by atoms with Crippen molar-refractivity contribution in [2.75, 3.05) is 13.1 Å². The molecule has 4 rings (SSSR count). The summed E-state index contributed by atoms with van der Waals surface area (Å²) in [6, 6.07) is 16.6. The van der Waals surface area contributed by atoms with Crippen molar-refractivity contribution >= 4 is 15.9 Å². The van der Waals surface area contributed by atoms with Crippen LogP contribution in [0.4, 0.5) is 0 Å². The average Bonchev–Trinajstić information content (AvgIpc) is 2.74. The van der Waals surface area contributed by atoms with Gasteiger partial charge in [0.15, 0.2) is 0 Å². The third kappa shape index (κ3) is 4.62. The summed E-state index contributed by atoms with van der Waals surface area (Å²) in [5.74, 6) is 0.910. The van der Waals surface area contributed by atoms with Gasteiger partial charge >= 0.3 is 0 Å². The highest BCUT2D eigenvalue weighted by Gasteiger charge is 2.45. The number of carbonyl (C=O) groups is 1. The molecule has 2 aliphatic heterocycles. The molecular formula is C24H30N2O4S. The highest BCUT2D eigenvalue weighted by molar-refractivity contribution is 7.89. The average molecular weight is 443 g/mol. The van der Waals surface area contributed by atoms with Gasteiger partial charge in [0.1, 0.15) is 11.4 Å². The second-order valence-electron chi connectivity index (χ2n) is 8.87. The predicted molar refractivity (Wildman–Crippen MR) is 119 cm³/mol. The normalized spacial score (nSPS) is 20.8. The number of sulfonamides is 1.